The van der Waals surface area contributed by atoms with E-state index in [9.17, 15) is 4.79 Å². The SMILES string of the molecule is CC(C)NC(=O)c1cccc(-c2cc(-c3ccc(OCCCN(C)C)cc3)[nH]n2)c1. The minimum Gasteiger partial charge on any atom is -0.494 e. The van der Waals surface area contributed by atoms with Gasteiger partial charge in [-0.2, -0.15) is 5.10 Å². The van der Waals surface area contributed by atoms with Gasteiger partial charge in [0.1, 0.15) is 5.75 Å². The van der Waals surface area contributed by atoms with Gasteiger partial charge in [-0.1, -0.05) is 12.1 Å². The third-order valence-corrected chi connectivity index (χ3v) is 4.60. The van der Waals surface area contributed by atoms with Gasteiger partial charge in [0.25, 0.3) is 5.91 Å². The van der Waals surface area contributed by atoms with Crippen molar-refractivity contribution in [2.45, 2.75) is 26.3 Å². The number of H-pyrrole nitrogens is 1. The third kappa shape index (κ3) is 5.94. The van der Waals surface area contributed by atoms with Crippen LogP contribution >= 0.6 is 0 Å². The van der Waals surface area contributed by atoms with Gasteiger partial charge >= 0.3 is 0 Å². The number of aromatic amines is 1. The van der Waals surface area contributed by atoms with Crippen LogP contribution in [0.1, 0.15) is 30.6 Å². The summed E-state index contributed by atoms with van der Waals surface area (Å²) in [7, 11) is 4.12. The van der Waals surface area contributed by atoms with E-state index in [2.05, 4.69) is 34.5 Å². The van der Waals surface area contributed by atoms with E-state index in [1.807, 2.05) is 68.4 Å². The molecule has 1 amide bonds. The molecule has 0 fully saturated rings. The number of benzene rings is 2. The number of nitrogens with one attached hydrogen (secondary N) is 2. The first-order chi connectivity index (χ1) is 14.4. The molecule has 0 saturated carbocycles. The molecule has 6 heteroatoms. The van der Waals surface area contributed by atoms with Crippen LogP contribution in [-0.4, -0.2) is 54.3 Å². The standard InChI is InChI=1S/C24H30N4O2/c1-17(2)25-24(29)20-8-5-7-19(15-20)23-16-22(26-27-23)18-9-11-21(12-10-18)30-14-6-13-28(3)4/h5,7-12,15-17H,6,13-14H2,1-4H3,(H,25,29)(H,26,27). The molecular formula is C24H30N4O2. The molecule has 6 nitrogen and oxygen atoms in total. The van der Waals surface area contributed by atoms with E-state index >= 15 is 0 Å². The van der Waals surface area contributed by atoms with Crippen molar-refractivity contribution in [2.75, 3.05) is 27.2 Å². The van der Waals surface area contributed by atoms with Gasteiger partial charge in [0.15, 0.2) is 0 Å². The fraction of sp³-hybridized carbons (Fsp3) is 0.333. The largest absolute Gasteiger partial charge is 0.494 e. The maximum absolute atomic E-state index is 12.3. The van der Waals surface area contributed by atoms with Crippen LogP contribution in [0, 0.1) is 0 Å². The molecule has 0 aliphatic heterocycles. The van der Waals surface area contributed by atoms with Gasteiger partial charge < -0.3 is 15.0 Å². The molecule has 2 N–H and O–H groups in total. The number of nitrogens with zero attached hydrogens (tertiary/aromatic N) is 2. The second kappa shape index (κ2) is 10.1. The summed E-state index contributed by atoms with van der Waals surface area (Å²) < 4.78 is 5.79. The molecule has 30 heavy (non-hydrogen) atoms. The Balaban J connectivity index is 1.67. The van der Waals surface area contributed by atoms with Gasteiger partial charge in [-0.05, 0) is 82.4 Å². The molecular weight excluding hydrogens is 376 g/mol. The number of ether oxygens (including phenoxy) is 1. The zero-order chi connectivity index (χ0) is 21.5. The molecule has 3 rings (SSSR count). The van der Waals surface area contributed by atoms with Crippen molar-refractivity contribution in [3.05, 3.63) is 60.2 Å². The first-order valence-corrected chi connectivity index (χ1v) is 10.3. The fourth-order valence-electron chi connectivity index (χ4n) is 3.08. The van der Waals surface area contributed by atoms with E-state index in [1.54, 1.807) is 0 Å². The van der Waals surface area contributed by atoms with Crippen LogP contribution in [0.3, 0.4) is 0 Å². The van der Waals surface area contributed by atoms with E-state index in [0.29, 0.717) is 12.2 Å². The molecule has 1 aromatic heterocycles. The molecule has 1 heterocycles. The van der Waals surface area contributed by atoms with Crippen molar-refractivity contribution >= 4 is 5.91 Å². The van der Waals surface area contributed by atoms with Crippen LogP contribution in [0.25, 0.3) is 22.5 Å². The second-order valence-corrected chi connectivity index (χ2v) is 7.91. The van der Waals surface area contributed by atoms with E-state index in [1.165, 1.54) is 0 Å². The average Bonchev–Trinajstić information content (AvgIpc) is 3.21. The Labute approximate surface area is 178 Å². The Morgan fingerprint density at radius 1 is 1.10 bits per heavy atom. The van der Waals surface area contributed by atoms with Gasteiger partial charge in [0.05, 0.1) is 18.0 Å². The van der Waals surface area contributed by atoms with Crippen LogP contribution in [0.2, 0.25) is 0 Å². The normalized spacial score (nSPS) is 11.1. The van der Waals surface area contributed by atoms with E-state index in [4.69, 9.17) is 4.74 Å². The van der Waals surface area contributed by atoms with Gasteiger partial charge in [-0.25, -0.2) is 0 Å². The van der Waals surface area contributed by atoms with E-state index in [0.717, 1.165) is 41.2 Å². The van der Waals surface area contributed by atoms with Gasteiger partial charge in [-0.15, -0.1) is 0 Å². The number of amides is 1. The molecule has 0 saturated heterocycles. The molecule has 158 valence electrons. The van der Waals surface area contributed by atoms with Crippen molar-refractivity contribution in [3.8, 4) is 28.3 Å². The summed E-state index contributed by atoms with van der Waals surface area (Å²) in [4.78, 5) is 14.4. The van der Waals surface area contributed by atoms with Crippen LogP contribution in [0.5, 0.6) is 5.75 Å². The molecule has 0 spiro atoms. The van der Waals surface area contributed by atoms with Gasteiger partial charge in [-0.3, -0.25) is 9.89 Å². The average molecular weight is 407 g/mol. The number of carbonyl (C=O) groups excluding carboxylic acids is 1. The van der Waals surface area contributed by atoms with Crippen molar-refractivity contribution < 1.29 is 9.53 Å². The molecule has 0 aliphatic carbocycles. The van der Waals surface area contributed by atoms with Crippen molar-refractivity contribution in [2.24, 2.45) is 0 Å². The van der Waals surface area contributed by atoms with Crippen molar-refractivity contribution in [1.82, 2.24) is 20.4 Å². The highest BCUT2D eigenvalue weighted by atomic mass is 16.5. The second-order valence-electron chi connectivity index (χ2n) is 7.91. The Kier molecular flexibility index (Phi) is 7.25. The van der Waals surface area contributed by atoms with Crippen LogP contribution in [-0.2, 0) is 0 Å². The highest BCUT2D eigenvalue weighted by Crippen LogP contribution is 2.26. The quantitative estimate of drug-likeness (QED) is 0.522. The van der Waals surface area contributed by atoms with Crippen LogP contribution in [0.4, 0.5) is 0 Å². The predicted octanol–water partition coefficient (Wildman–Crippen LogP) is 4.21. The van der Waals surface area contributed by atoms with Crippen molar-refractivity contribution in [3.63, 3.8) is 0 Å². The molecule has 2 aromatic carbocycles. The topological polar surface area (TPSA) is 70.2 Å². The summed E-state index contributed by atoms with van der Waals surface area (Å²) in [5.41, 5.74) is 4.27. The predicted molar refractivity (Wildman–Crippen MR) is 121 cm³/mol. The number of hydrogen-bond donors (Lipinski definition) is 2. The summed E-state index contributed by atoms with van der Waals surface area (Å²) in [6, 6.07) is 17.6. The van der Waals surface area contributed by atoms with E-state index in [-0.39, 0.29) is 11.9 Å². The highest BCUT2D eigenvalue weighted by molar-refractivity contribution is 5.95. The lowest BCUT2D eigenvalue weighted by atomic mass is 10.1. The molecule has 3 aromatic rings. The summed E-state index contributed by atoms with van der Waals surface area (Å²) in [5.74, 6) is 0.782. The Morgan fingerprint density at radius 2 is 1.87 bits per heavy atom. The number of rotatable bonds is 9. The fourth-order valence-corrected chi connectivity index (χ4v) is 3.08. The minimum absolute atomic E-state index is 0.0798. The lowest BCUT2D eigenvalue weighted by Crippen LogP contribution is -2.30. The first-order valence-electron chi connectivity index (χ1n) is 10.3. The molecule has 0 atom stereocenters. The molecule has 0 unspecified atom stereocenters. The Bertz CT molecular complexity index is 961. The summed E-state index contributed by atoms with van der Waals surface area (Å²) in [5, 5.41) is 10.4. The van der Waals surface area contributed by atoms with Crippen LogP contribution < -0.4 is 10.1 Å². The lowest BCUT2D eigenvalue weighted by Gasteiger charge is -2.10. The zero-order valence-corrected chi connectivity index (χ0v) is 18.1. The maximum atomic E-state index is 12.3. The lowest BCUT2D eigenvalue weighted by molar-refractivity contribution is 0.0943. The van der Waals surface area contributed by atoms with Gasteiger partial charge in [0.2, 0.25) is 0 Å². The monoisotopic (exact) mass is 406 g/mol. The Morgan fingerprint density at radius 3 is 2.57 bits per heavy atom. The molecule has 0 bridgehead atoms. The highest BCUT2D eigenvalue weighted by Gasteiger charge is 2.11. The summed E-state index contributed by atoms with van der Waals surface area (Å²) in [6.07, 6.45) is 0.993. The molecule has 0 radical (unpaired) electrons. The van der Waals surface area contributed by atoms with E-state index < -0.39 is 0 Å². The number of hydrogen-bond acceptors (Lipinski definition) is 4. The summed E-state index contributed by atoms with van der Waals surface area (Å²) in [6.45, 7) is 5.60. The Hall–Kier alpha value is -3.12. The van der Waals surface area contributed by atoms with Crippen molar-refractivity contribution in [1.29, 1.82) is 0 Å². The smallest absolute Gasteiger partial charge is 0.251 e. The third-order valence-electron chi connectivity index (χ3n) is 4.60. The van der Waals surface area contributed by atoms with Gasteiger partial charge in [0, 0.05) is 23.7 Å². The van der Waals surface area contributed by atoms with Crippen LogP contribution in [0.15, 0.2) is 54.6 Å². The first kappa shape index (κ1) is 21.6. The zero-order valence-electron chi connectivity index (χ0n) is 18.1. The number of carbonyl (C=O) groups is 1. The molecule has 0 aliphatic rings. The minimum atomic E-state index is -0.0798. The number of aromatic nitrogens is 2. The maximum Gasteiger partial charge on any atom is 0.251 e. The summed E-state index contributed by atoms with van der Waals surface area (Å²) >= 11 is 0.